The van der Waals surface area contributed by atoms with E-state index in [0.29, 0.717) is 5.92 Å². The Labute approximate surface area is 120 Å². The molecule has 0 radical (unpaired) electrons. The summed E-state index contributed by atoms with van der Waals surface area (Å²) < 4.78 is 6.41. The van der Waals surface area contributed by atoms with Crippen LogP contribution >= 0.6 is 0 Å². The van der Waals surface area contributed by atoms with Crippen LogP contribution in [-0.4, -0.2) is 13.9 Å². The topological polar surface area (TPSA) is 9.23 Å². The zero-order valence-corrected chi connectivity index (χ0v) is 14.0. The molecule has 0 N–H and O–H groups in total. The van der Waals surface area contributed by atoms with E-state index in [1.807, 2.05) is 24.3 Å². The van der Waals surface area contributed by atoms with E-state index in [4.69, 9.17) is 4.43 Å². The lowest BCUT2D eigenvalue weighted by Crippen LogP contribution is -2.45. The predicted octanol–water partition coefficient (Wildman–Crippen LogP) is 5.50. The van der Waals surface area contributed by atoms with E-state index in [0.717, 1.165) is 25.7 Å². The van der Waals surface area contributed by atoms with E-state index in [1.165, 1.54) is 0 Å². The molecule has 0 spiro atoms. The average Bonchev–Trinajstić information content (AvgIpc) is 2.35. The highest BCUT2D eigenvalue weighted by molar-refractivity contribution is 6.69. The summed E-state index contributed by atoms with van der Waals surface area (Å²) in [6, 6.07) is 0. The van der Waals surface area contributed by atoms with Gasteiger partial charge in [-0.15, -0.1) is 13.2 Å². The molecule has 108 valence electrons. The zero-order chi connectivity index (χ0) is 14.9. The van der Waals surface area contributed by atoms with Gasteiger partial charge in [-0.05, 0) is 51.2 Å². The van der Waals surface area contributed by atoms with Crippen molar-refractivity contribution >= 4 is 8.32 Å². The predicted molar refractivity (Wildman–Crippen MR) is 89.9 cm³/mol. The Morgan fingerprint density at radius 1 is 0.947 bits per heavy atom. The maximum Gasteiger partial charge on any atom is 0.185 e. The Morgan fingerprint density at radius 2 is 1.37 bits per heavy atom. The van der Waals surface area contributed by atoms with Gasteiger partial charge >= 0.3 is 0 Å². The largest absolute Gasteiger partial charge is 0.405 e. The van der Waals surface area contributed by atoms with Gasteiger partial charge in [0.05, 0.1) is 5.60 Å². The Hall–Kier alpha value is -0.863. The van der Waals surface area contributed by atoms with E-state index in [-0.39, 0.29) is 0 Å². The van der Waals surface area contributed by atoms with Crippen molar-refractivity contribution in [3.63, 3.8) is 0 Å². The molecular formula is C17H30OSi. The first-order chi connectivity index (χ1) is 8.85. The molecule has 0 saturated carbocycles. The molecule has 19 heavy (non-hydrogen) atoms. The van der Waals surface area contributed by atoms with Crippen molar-refractivity contribution in [2.75, 3.05) is 0 Å². The van der Waals surface area contributed by atoms with E-state index in [9.17, 15) is 0 Å². The van der Waals surface area contributed by atoms with Crippen molar-refractivity contribution in [3.8, 4) is 0 Å². The van der Waals surface area contributed by atoms with Gasteiger partial charge in [0.1, 0.15) is 0 Å². The first-order valence-corrected chi connectivity index (χ1v) is 10.4. The molecule has 0 aliphatic rings. The van der Waals surface area contributed by atoms with Gasteiger partial charge in [0.15, 0.2) is 8.32 Å². The normalized spacial score (nSPS) is 12.2. The smallest absolute Gasteiger partial charge is 0.185 e. The van der Waals surface area contributed by atoms with Crippen molar-refractivity contribution in [3.05, 3.63) is 50.6 Å². The standard InChI is InChI=1S/C17H30OSi/c1-8-12-14-16(15-13-9-2)17(10-3,11-4)18-19(5,6)7/h8-11,16H,1-4,12-15H2,5-7H3. The second-order valence-electron chi connectivity index (χ2n) is 5.91. The van der Waals surface area contributed by atoms with Gasteiger partial charge in [0, 0.05) is 0 Å². The average molecular weight is 279 g/mol. The molecule has 0 aliphatic heterocycles. The second-order valence-corrected chi connectivity index (χ2v) is 10.3. The number of hydrogen-bond acceptors (Lipinski definition) is 1. The summed E-state index contributed by atoms with van der Waals surface area (Å²) in [7, 11) is -1.67. The number of hydrogen-bond donors (Lipinski definition) is 0. The van der Waals surface area contributed by atoms with Gasteiger partial charge in [-0.3, -0.25) is 0 Å². The highest BCUT2D eigenvalue weighted by Gasteiger charge is 2.37. The molecule has 1 nitrogen and oxygen atoms in total. The molecule has 0 bridgehead atoms. The monoisotopic (exact) mass is 278 g/mol. The molecule has 0 aliphatic carbocycles. The highest BCUT2D eigenvalue weighted by atomic mass is 28.4. The van der Waals surface area contributed by atoms with E-state index in [1.54, 1.807) is 0 Å². The van der Waals surface area contributed by atoms with Crippen LogP contribution in [0.4, 0.5) is 0 Å². The fourth-order valence-electron chi connectivity index (χ4n) is 2.35. The van der Waals surface area contributed by atoms with E-state index in [2.05, 4.69) is 46.0 Å². The van der Waals surface area contributed by atoms with Gasteiger partial charge in [0.25, 0.3) is 0 Å². The number of allylic oxidation sites excluding steroid dienone is 2. The summed E-state index contributed by atoms with van der Waals surface area (Å²) >= 11 is 0. The van der Waals surface area contributed by atoms with Crippen LogP contribution in [0.5, 0.6) is 0 Å². The van der Waals surface area contributed by atoms with Crippen LogP contribution in [0, 0.1) is 5.92 Å². The third kappa shape index (κ3) is 6.21. The summed E-state index contributed by atoms with van der Waals surface area (Å²) in [5.74, 6) is 0.380. The van der Waals surface area contributed by atoms with Crippen LogP contribution in [0.15, 0.2) is 50.6 Å². The quantitative estimate of drug-likeness (QED) is 0.358. The molecule has 0 unspecified atom stereocenters. The molecular weight excluding hydrogens is 248 g/mol. The third-order valence-electron chi connectivity index (χ3n) is 3.20. The van der Waals surface area contributed by atoms with Crippen molar-refractivity contribution < 1.29 is 4.43 Å². The Balaban J connectivity index is 5.20. The minimum absolute atomic E-state index is 0.380. The lowest BCUT2D eigenvalue weighted by Gasteiger charge is -2.41. The van der Waals surface area contributed by atoms with Crippen molar-refractivity contribution in [1.82, 2.24) is 0 Å². The van der Waals surface area contributed by atoms with Crippen LogP contribution < -0.4 is 0 Å². The maximum atomic E-state index is 6.41. The fourth-order valence-corrected chi connectivity index (χ4v) is 3.74. The summed E-state index contributed by atoms with van der Waals surface area (Å²) in [6.07, 6.45) is 11.8. The van der Waals surface area contributed by atoms with Crippen LogP contribution in [0.3, 0.4) is 0 Å². The first-order valence-electron chi connectivity index (χ1n) is 7.04. The van der Waals surface area contributed by atoms with Crippen molar-refractivity contribution in [2.24, 2.45) is 5.92 Å². The second kappa shape index (κ2) is 8.34. The minimum Gasteiger partial charge on any atom is -0.405 e. The van der Waals surface area contributed by atoms with Gasteiger partial charge in [0.2, 0.25) is 0 Å². The molecule has 0 rings (SSSR count). The van der Waals surface area contributed by atoms with Crippen LogP contribution in [0.2, 0.25) is 19.6 Å². The zero-order valence-electron chi connectivity index (χ0n) is 13.0. The van der Waals surface area contributed by atoms with Crippen LogP contribution in [0.1, 0.15) is 25.7 Å². The van der Waals surface area contributed by atoms with Gasteiger partial charge in [-0.25, -0.2) is 0 Å². The highest BCUT2D eigenvalue weighted by Crippen LogP contribution is 2.35. The number of rotatable bonds is 11. The Bertz CT molecular complexity index is 292. The lowest BCUT2D eigenvalue weighted by atomic mass is 9.81. The molecule has 0 heterocycles. The fraction of sp³-hybridized carbons (Fsp3) is 0.529. The molecule has 0 atom stereocenters. The molecule has 0 aromatic heterocycles. The van der Waals surface area contributed by atoms with Gasteiger partial charge < -0.3 is 4.43 Å². The summed E-state index contributed by atoms with van der Waals surface area (Å²) in [5, 5.41) is 0. The minimum atomic E-state index is -1.67. The van der Waals surface area contributed by atoms with E-state index < -0.39 is 13.9 Å². The molecule has 0 aromatic rings. The maximum absolute atomic E-state index is 6.41. The van der Waals surface area contributed by atoms with Crippen molar-refractivity contribution in [1.29, 1.82) is 0 Å². The molecule has 0 saturated heterocycles. The molecule has 0 aromatic carbocycles. The van der Waals surface area contributed by atoms with Crippen LogP contribution in [-0.2, 0) is 4.43 Å². The summed E-state index contributed by atoms with van der Waals surface area (Å²) in [6.45, 7) is 22.2. The summed E-state index contributed by atoms with van der Waals surface area (Å²) in [4.78, 5) is 0. The molecule has 0 amide bonds. The van der Waals surface area contributed by atoms with Gasteiger partial charge in [-0.2, -0.15) is 0 Å². The SMILES string of the molecule is C=CCCC(CCC=C)C(C=C)(C=C)O[Si](C)(C)C. The van der Waals surface area contributed by atoms with E-state index >= 15 is 0 Å². The molecule has 2 heteroatoms. The van der Waals surface area contributed by atoms with Gasteiger partial charge in [-0.1, -0.05) is 37.5 Å². The molecule has 0 fully saturated rings. The first kappa shape index (κ1) is 18.1. The Morgan fingerprint density at radius 3 is 1.63 bits per heavy atom. The van der Waals surface area contributed by atoms with Crippen LogP contribution in [0.25, 0.3) is 0 Å². The van der Waals surface area contributed by atoms with Crippen molar-refractivity contribution in [2.45, 2.75) is 50.9 Å². The summed E-state index contributed by atoms with van der Waals surface area (Å²) in [5.41, 5.74) is -0.420. The Kier molecular flexibility index (Phi) is 7.96. The third-order valence-corrected chi connectivity index (χ3v) is 4.16. The lowest BCUT2D eigenvalue weighted by molar-refractivity contribution is 0.0849.